The van der Waals surface area contributed by atoms with Crippen LogP contribution in [0, 0.1) is 35.3 Å². The van der Waals surface area contributed by atoms with E-state index >= 15 is 0 Å². The Kier molecular flexibility index (Phi) is 3.76. The predicted molar refractivity (Wildman–Crippen MR) is 82.2 cm³/mol. The SMILES string of the molecule is Cc1cc([N+](=O)[O-])c(C)cc1NC1CC(C)(C)CC1C. The number of nitrogens with zero attached hydrogens (tertiary/aromatic N) is 1. The molecule has 0 amide bonds. The summed E-state index contributed by atoms with van der Waals surface area (Å²) < 4.78 is 0. The van der Waals surface area contributed by atoms with Crippen LogP contribution < -0.4 is 5.32 Å². The number of aryl methyl sites for hydroxylation is 2. The number of nitro benzene ring substituents is 1. The summed E-state index contributed by atoms with van der Waals surface area (Å²) in [5, 5.41) is 14.6. The maximum absolute atomic E-state index is 11.0. The van der Waals surface area contributed by atoms with Crippen molar-refractivity contribution < 1.29 is 4.92 Å². The van der Waals surface area contributed by atoms with E-state index < -0.39 is 0 Å². The molecule has 0 radical (unpaired) electrons. The molecule has 1 aromatic rings. The number of nitrogens with one attached hydrogen (secondary N) is 1. The second-order valence-corrected chi connectivity index (χ2v) is 7.01. The fourth-order valence-electron chi connectivity index (χ4n) is 3.44. The van der Waals surface area contributed by atoms with Crippen molar-refractivity contribution >= 4 is 11.4 Å². The zero-order valence-electron chi connectivity index (χ0n) is 13.0. The van der Waals surface area contributed by atoms with Crippen molar-refractivity contribution in [3.63, 3.8) is 0 Å². The van der Waals surface area contributed by atoms with Crippen LogP contribution in [0.3, 0.4) is 0 Å². The Labute approximate surface area is 120 Å². The van der Waals surface area contributed by atoms with Gasteiger partial charge in [-0.1, -0.05) is 20.8 Å². The predicted octanol–water partition coefficient (Wildman–Crippen LogP) is 4.45. The largest absolute Gasteiger partial charge is 0.382 e. The lowest BCUT2D eigenvalue weighted by molar-refractivity contribution is -0.385. The van der Waals surface area contributed by atoms with Gasteiger partial charge in [-0.05, 0) is 49.7 Å². The van der Waals surface area contributed by atoms with Gasteiger partial charge in [-0.3, -0.25) is 10.1 Å². The lowest BCUT2D eigenvalue weighted by Crippen LogP contribution is -2.23. The van der Waals surface area contributed by atoms with E-state index in [4.69, 9.17) is 0 Å². The fraction of sp³-hybridized carbons (Fsp3) is 0.625. The quantitative estimate of drug-likeness (QED) is 0.655. The topological polar surface area (TPSA) is 55.2 Å². The van der Waals surface area contributed by atoms with Crippen LogP contribution in [0.15, 0.2) is 12.1 Å². The third-order valence-corrected chi connectivity index (χ3v) is 4.41. The summed E-state index contributed by atoms with van der Waals surface area (Å²) in [5.41, 5.74) is 3.27. The highest BCUT2D eigenvalue weighted by Crippen LogP contribution is 2.42. The molecule has 0 heterocycles. The molecule has 2 rings (SSSR count). The molecule has 0 spiro atoms. The van der Waals surface area contributed by atoms with Crippen molar-refractivity contribution in [2.24, 2.45) is 11.3 Å². The third-order valence-electron chi connectivity index (χ3n) is 4.41. The lowest BCUT2D eigenvalue weighted by Gasteiger charge is -2.21. The zero-order valence-corrected chi connectivity index (χ0v) is 13.0. The first-order valence-electron chi connectivity index (χ1n) is 7.22. The van der Waals surface area contributed by atoms with Crippen LogP contribution in [0.1, 0.15) is 44.7 Å². The summed E-state index contributed by atoms with van der Waals surface area (Å²) in [5.74, 6) is 0.625. The minimum Gasteiger partial charge on any atom is -0.382 e. The average Bonchev–Trinajstić information content (AvgIpc) is 2.56. The molecule has 1 aliphatic rings. The Morgan fingerprint density at radius 1 is 1.25 bits per heavy atom. The van der Waals surface area contributed by atoms with Crippen LogP contribution in [-0.2, 0) is 0 Å². The van der Waals surface area contributed by atoms with Crippen LogP contribution in [0.4, 0.5) is 11.4 Å². The number of hydrogen-bond acceptors (Lipinski definition) is 3. The number of benzene rings is 1. The Morgan fingerprint density at radius 2 is 1.90 bits per heavy atom. The van der Waals surface area contributed by atoms with Crippen molar-refractivity contribution in [2.45, 2.75) is 53.5 Å². The second-order valence-electron chi connectivity index (χ2n) is 7.01. The standard InChI is InChI=1S/C16H24N2O2/c1-10-7-15(18(19)20)11(2)6-13(10)17-14-9-16(4,5)8-12(14)3/h6-7,12,14,17H,8-9H2,1-5H3. The number of nitro groups is 1. The van der Waals surface area contributed by atoms with Gasteiger partial charge in [-0.2, -0.15) is 0 Å². The molecule has 0 aliphatic heterocycles. The highest BCUT2D eigenvalue weighted by atomic mass is 16.6. The molecule has 1 saturated carbocycles. The van der Waals surface area contributed by atoms with Crippen LogP contribution in [0.5, 0.6) is 0 Å². The van der Waals surface area contributed by atoms with Gasteiger partial charge in [-0.15, -0.1) is 0 Å². The molecule has 1 aliphatic carbocycles. The minimum absolute atomic E-state index is 0.202. The number of hydrogen-bond donors (Lipinski definition) is 1. The molecule has 0 aromatic heterocycles. The Hall–Kier alpha value is -1.58. The van der Waals surface area contributed by atoms with E-state index in [-0.39, 0.29) is 10.6 Å². The summed E-state index contributed by atoms with van der Waals surface area (Å²) >= 11 is 0. The molecule has 4 nitrogen and oxygen atoms in total. The molecule has 110 valence electrons. The van der Waals surface area contributed by atoms with Gasteiger partial charge < -0.3 is 5.32 Å². The van der Waals surface area contributed by atoms with E-state index in [1.165, 1.54) is 6.42 Å². The maximum Gasteiger partial charge on any atom is 0.272 e. The Morgan fingerprint density at radius 3 is 2.40 bits per heavy atom. The van der Waals surface area contributed by atoms with Crippen molar-refractivity contribution in [3.8, 4) is 0 Å². The molecular formula is C16H24N2O2. The minimum atomic E-state index is -0.312. The van der Waals surface area contributed by atoms with Crippen molar-refractivity contribution in [3.05, 3.63) is 33.4 Å². The van der Waals surface area contributed by atoms with Gasteiger partial charge in [0.2, 0.25) is 0 Å². The average molecular weight is 276 g/mol. The zero-order chi connectivity index (χ0) is 15.1. The van der Waals surface area contributed by atoms with Gasteiger partial charge in [0.15, 0.2) is 0 Å². The van der Waals surface area contributed by atoms with E-state index in [1.807, 2.05) is 13.0 Å². The van der Waals surface area contributed by atoms with Gasteiger partial charge in [0, 0.05) is 23.4 Å². The van der Waals surface area contributed by atoms with Crippen LogP contribution in [0.25, 0.3) is 0 Å². The van der Waals surface area contributed by atoms with Crippen LogP contribution in [-0.4, -0.2) is 11.0 Å². The molecule has 20 heavy (non-hydrogen) atoms. The number of rotatable bonds is 3. The van der Waals surface area contributed by atoms with Crippen molar-refractivity contribution in [2.75, 3.05) is 5.32 Å². The molecule has 4 heteroatoms. The summed E-state index contributed by atoms with van der Waals surface area (Å²) in [6.07, 6.45) is 2.36. The first kappa shape index (κ1) is 14.8. The molecular weight excluding hydrogens is 252 g/mol. The Bertz CT molecular complexity index is 538. The maximum atomic E-state index is 11.0. The molecule has 0 saturated heterocycles. The summed E-state index contributed by atoms with van der Waals surface area (Å²) in [7, 11) is 0. The molecule has 0 bridgehead atoms. The van der Waals surface area contributed by atoms with Gasteiger partial charge in [-0.25, -0.2) is 0 Å². The van der Waals surface area contributed by atoms with Gasteiger partial charge >= 0.3 is 0 Å². The molecule has 2 unspecified atom stereocenters. The molecule has 1 N–H and O–H groups in total. The normalized spacial score (nSPS) is 24.6. The van der Waals surface area contributed by atoms with Gasteiger partial charge in [0.1, 0.15) is 0 Å². The lowest BCUT2D eigenvalue weighted by atomic mass is 9.91. The van der Waals surface area contributed by atoms with E-state index in [0.717, 1.165) is 17.7 Å². The summed E-state index contributed by atoms with van der Waals surface area (Å²) in [4.78, 5) is 10.6. The highest BCUT2D eigenvalue weighted by Gasteiger charge is 2.36. The van der Waals surface area contributed by atoms with Crippen LogP contribution in [0.2, 0.25) is 0 Å². The van der Waals surface area contributed by atoms with Gasteiger partial charge in [0.05, 0.1) is 4.92 Å². The van der Waals surface area contributed by atoms with E-state index in [0.29, 0.717) is 22.9 Å². The summed E-state index contributed by atoms with van der Waals surface area (Å²) in [6, 6.07) is 4.03. The molecule has 1 aromatic carbocycles. The van der Waals surface area contributed by atoms with E-state index in [1.54, 1.807) is 13.0 Å². The highest BCUT2D eigenvalue weighted by molar-refractivity contribution is 5.59. The van der Waals surface area contributed by atoms with Crippen molar-refractivity contribution in [1.82, 2.24) is 0 Å². The third kappa shape index (κ3) is 2.94. The Balaban J connectivity index is 2.23. The smallest absolute Gasteiger partial charge is 0.272 e. The first-order chi connectivity index (χ1) is 9.19. The van der Waals surface area contributed by atoms with Crippen LogP contribution >= 0.6 is 0 Å². The molecule has 2 atom stereocenters. The number of anilines is 1. The first-order valence-corrected chi connectivity index (χ1v) is 7.22. The second kappa shape index (κ2) is 5.08. The van der Waals surface area contributed by atoms with E-state index in [2.05, 4.69) is 26.1 Å². The van der Waals surface area contributed by atoms with Gasteiger partial charge in [0.25, 0.3) is 5.69 Å². The fourth-order valence-corrected chi connectivity index (χ4v) is 3.44. The van der Waals surface area contributed by atoms with Crippen molar-refractivity contribution in [1.29, 1.82) is 0 Å². The summed E-state index contributed by atoms with van der Waals surface area (Å²) in [6.45, 7) is 10.6. The van der Waals surface area contributed by atoms with E-state index in [9.17, 15) is 10.1 Å². The molecule has 1 fully saturated rings. The monoisotopic (exact) mass is 276 g/mol.